The molecule has 8 heteroatoms. The highest BCUT2D eigenvalue weighted by molar-refractivity contribution is 5.96. The second kappa shape index (κ2) is 4.71. The van der Waals surface area contributed by atoms with Gasteiger partial charge >= 0.3 is 0 Å². The fourth-order valence-electron chi connectivity index (χ4n) is 2.45. The van der Waals surface area contributed by atoms with E-state index >= 15 is 0 Å². The van der Waals surface area contributed by atoms with Crippen LogP contribution in [0.2, 0.25) is 0 Å². The number of aryl methyl sites for hydroxylation is 2. The van der Waals surface area contributed by atoms with E-state index in [9.17, 15) is 4.79 Å². The number of rotatable bonds is 2. The number of aliphatic hydroxyl groups is 1. The zero-order valence-electron chi connectivity index (χ0n) is 11.3. The van der Waals surface area contributed by atoms with Crippen molar-refractivity contribution < 1.29 is 14.4 Å². The maximum Gasteiger partial charge on any atom is 0.259 e. The van der Waals surface area contributed by atoms with Crippen LogP contribution in [0.1, 0.15) is 33.5 Å². The SMILES string of the molecule is Cc1noc(C)c1C(=O)N1CCn2c(CO)nnc2C1. The second-order valence-corrected chi connectivity index (χ2v) is 4.77. The molecule has 0 unspecified atom stereocenters. The van der Waals surface area contributed by atoms with Gasteiger partial charge in [0, 0.05) is 13.1 Å². The molecular weight excluding hydrogens is 262 g/mol. The van der Waals surface area contributed by atoms with E-state index in [0.29, 0.717) is 48.3 Å². The number of aliphatic hydroxyl groups excluding tert-OH is 1. The minimum Gasteiger partial charge on any atom is -0.388 e. The molecule has 1 aliphatic heterocycles. The topological polar surface area (TPSA) is 97.3 Å². The van der Waals surface area contributed by atoms with Gasteiger partial charge in [0.1, 0.15) is 17.9 Å². The lowest BCUT2D eigenvalue weighted by molar-refractivity contribution is 0.0702. The van der Waals surface area contributed by atoms with Gasteiger partial charge in [-0.05, 0) is 13.8 Å². The summed E-state index contributed by atoms with van der Waals surface area (Å²) in [7, 11) is 0. The molecule has 0 aliphatic carbocycles. The minimum absolute atomic E-state index is 0.110. The molecule has 0 aromatic carbocycles. The summed E-state index contributed by atoms with van der Waals surface area (Å²) < 4.78 is 6.88. The van der Waals surface area contributed by atoms with Crippen LogP contribution in [0.5, 0.6) is 0 Å². The number of carbonyl (C=O) groups excluding carboxylic acids is 1. The Morgan fingerprint density at radius 1 is 1.35 bits per heavy atom. The van der Waals surface area contributed by atoms with E-state index in [1.165, 1.54) is 0 Å². The van der Waals surface area contributed by atoms with Gasteiger partial charge in [-0.1, -0.05) is 5.16 Å². The first-order chi connectivity index (χ1) is 9.61. The molecule has 0 spiro atoms. The van der Waals surface area contributed by atoms with Crippen molar-refractivity contribution in [2.75, 3.05) is 6.54 Å². The van der Waals surface area contributed by atoms with Crippen molar-refractivity contribution in [3.8, 4) is 0 Å². The molecule has 0 radical (unpaired) electrons. The first-order valence-electron chi connectivity index (χ1n) is 6.35. The minimum atomic E-state index is -0.148. The number of amides is 1. The average molecular weight is 277 g/mol. The monoisotopic (exact) mass is 277 g/mol. The van der Waals surface area contributed by atoms with Crippen molar-refractivity contribution in [2.24, 2.45) is 0 Å². The molecule has 0 saturated carbocycles. The molecule has 8 nitrogen and oxygen atoms in total. The van der Waals surface area contributed by atoms with Crippen LogP contribution < -0.4 is 0 Å². The van der Waals surface area contributed by atoms with Crippen LogP contribution in [0.3, 0.4) is 0 Å². The molecule has 1 N–H and O–H groups in total. The second-order valence-electron chi connectivity index (χ2n) is 4.77. The molecular formula is C12H15N5O3. The normalized spacial score (nSPS) is 14.4. The Bertz CT molecular complexity index is 641. The van der Waals surface area contributed by atoms with Gasteiger partial charge in [-0.15, -0.1) is 10.2 Å². The van der Waals surface area contributed by atoms with Gasteiger partial charge < -0.3 is 19.1 Å². The largest absolute Gasteiger partial charge is 0.388 e. The standard InChI is InChI=1S/C12H15N5O3/c1-7-11(8(2)20-15-7)12(19)16-3-4-17-9(5-16)13-14-10(17)6-18/h18H,3-6H2,1-2H3. The van der Waals surface area contributed by atoms with Crippen LogP contribution in [0.15, 0.2) is 4.52 Å². The Morgan fingerprint density at radius 2 is 2.15 bits per heavy atom. The van der Waals surface area contributed by atoms with Gasteiger partial charge in [0.2, 0.25) is 0 Å². The summed E-state index contributed by atoms with van der Waals surface area (Å²) in [5.74, 6) is 1.63. The van der Waals surface area contributed by atoms with Gasteiger partial charge in [-0.2, -0.15) is 0 Å². The Hall–Kier alpha value is -2.22. The van der Waals surface area contributed by atoms with Crippen LogP contribution in [0, 0.1) is 13.8 Å². The first-order valence-corrected chi connectivity index (χ1v) is 6.35. The van der Waals surface area contributed by atoms with Gasteiger partial charge in [-0.3, -0.25) is 4.79 Å². The van der Waals surface area contributed by atoms with Crippen LogP contribution in [-0.4, -0.2) is 42.4 Å². The zero-order valence-corrected chi connectivity index (χ0v) is 11.3. The fourth-order valence-corrected chi connectivity index (χ4v) is 2.45. The predicted octanol–water partition coefficient (Wildman–Crippen LogP) is 0.0312. The molecule has 0 saturated heterocycles. The molecule has 2 aromatic heterocycles. The molecule has 20 heavy (non-hydrogen) atoms. The summed E-state index contributed by atoms with van der Waals surface area (Å²) in [6.07, 6.45) is 0. The van der Waals surface area contributed by atoms with Crippen LogP contribution >= 0.6 is 0 Å². The lowest BCUT2D eigenvalue weighted by Gasteiger charge is -2.27. The van der Waals surface area contributed by atoms with Gasteiger partial charge in [-0.25, -0.2) is 0 Å². The molecule has 106 valence electrons. The molecule has 0 bridgehead atoms. The van der Waals surface area contributed by atoms with Crippen molar-refractivity contribution in [2.45, 2.75) is 33.5 Å². The first kappa shape index (κ1) is 12.8. The van der Waals surface area contributed by atoms with E-state index in [-0.39, 0.29) is 12.5 Å². The highest BCUT2D eigenvalue weighted by Crippen LogP contribution is 2.19. The molecule has 0 atom stereocenters. The summed E-state index contributed by atoms with van der Waals surface area (Å²) in [5.41, 5.74) is 1.11. The smallest absolute Gasteiger partial charge is 0.259 e. The van der Waals surface area contributed by atoms with Gasteiger partial charge in [0.05, 0.1) is 12.2 Å². The van der Waals surface area contributed by atoms with Crippen molar-refractivity contribution in [1.82, 2.24) is 24.8 Å². The maximum atomic E-state index is 12.5. The van der Waals surface area contributed by atoms with E-state index in [1.54, 1.807) is 18.7 Å². The third-order valence-electron chi connectivity index (χ3n) is 3.51. The summed E-state index contributed by atoms with van der Waals surface area (Å²) in [4.78, 5) is 14.2. The Morgan fingerprint density at radius 3 is 2.80 bits per heavy atom. The maximum absolute atomic E-state index is 12.5. The number of fused-ring (bicyclic) bond motifs is 1. The number of hydrogen-bond acceptors (Lipinski definition) is 6. The zero-order chi connectivity index (χ0) is 14.3. The van der Waals surface area contributed by atoms with E-state index in [0.717, 1.165) is 0 Å². The van der Waals surface area contributed by atoms with E-state index < -0.39 is 0 Å². The van der Waals surface area contributed by atoms with Crippen LogP contribution in [0.4, 0.5) is 0 Å². The highest BCUT2D eigenvalue weighted by atomic mass is 16.5. The number of nitrogens with zero attached hydrogens (tertiary/aromatic N) is 5. The number of hydrogen-bond donors (Lipinski definition) is 1. The molecule has 1 amide bonds. The lowest BCUT2D eigenvalue weighted by atomic mass is 10.1. The summed E-state index contributed by atoms with van der Waals surface area (Å²) in [6.45, 7) is 4.82. The van der Waals surface area contributed by atoms with Crippen molar-refractivity contribution >= 4 is 5.91 Å². The quantitative estimate of drug-likeness (QED) is 0.831. The van der Waals surface area contributed by atoms with Crippen molar-refractivity contribution in [3.05, 3.63) is 28.7 Å². The van der Waals surface area contributed by atoms with Crippen LogP contribution in [0.25, 0.3) is 0 Å². The number of aromatic nitrogens is 4. The summed E-state index contributed by atoms with van der Waals surface area (Å²) in [5, 5.41) is 20.9. The van der Waals surface area contributed by atoms with E-state index in [2.05, 4.69) is 15.4 Å². The molecule has 2 aromatic rings. The average Bonchev–Trinajstić information content (AvgIpc) is 3.01. The summed E-state index contributed by atoms with van der Waals surface area (Å²) >= 11 is 0. The molecule has 0 fully saturated rings. The van der Waals surface area contributed by atoms with Crippen molar-refractivity contribution in [1.29, 1.82) is 0 Å². The van der Waals surface area contributed by atoms with E-state index in [1.807, 2.05) is 4.57 Å². The number of carbonyl (C=O) groups is 1. The summed E-state index contributed by atoms with van der Waals surface area (Å²) in [6, 6.07) is 0. The van der Waals surface area contributed by atoms with Crippen LogP contribution in [-0.2, 0) is 19.7 Å². The third-order valence-corrected chi connectivity index (χ3v) is 3.51. The highest BCUT2D eigenvalue weighted by Gasteiger charge is 2.28. The third kappa shape index (κ3) is 1.88. The van der Waals surface area contributed by atoms with E-state index in [4.69, 9.17) is 9.63 Å². The lowest BCUT2D eigenvalue weighted by Crippen LogP contribution is -2.39. The van der Waals surface area contributed by atoms with Crippen molar-refractivity contribution in [3.63, 3.8) is 0 Å². The molecule has 1 aliphatic rings. The Balaban J connectivity index is 1.85. The Kier molecular flexibility index (Phi) is 3.01. The molecule has 3 rings (SSSR count). The molecule has 3 heterocycles. The Labute approximate surface area is 115 Å². The fraction of sp³-hybridized carbons (Fsp3) is 0.500. The van der Waals surface area contributed by atoms with Gasteiger partial charge in [0.15, 0.2) is 11.6 Å². The predicted molar refractivity (Wildman–Crippen MR) is 66.7 cm³/mol. The van der Waals surface area contributed by atoms with Gasteiger partial charge in [0.25, 0.3) is 5.91 Å².